The number of carbonyl (C=O) groups is 5. The van der Waals surface area contributed by atoms with Gasteiger partial charge < -0.3 is 36.0 Å². The molecule has 0 saturated carbocycles. The van der Waals surface area contributed by atoms with Gasteiger partial charge >= 0.3 is 5.97 Å². The summed E-state index contributed by atoms with van der Waals surface area (Å²) in [6, 6.07) is 20.4. The van der Waals surface area contributed by atoms with Crippen LogP contribution >= 0.6 is 0 Å². The van der Waals surface area contributed by atoms with E-state index in [9.17, 15) is 33.9 Å². The van der Waals surface area contributed by atoms with Crippen LogP contribution in [-0.4, -0.2) is 63.0 Å². The number of aromatic nitrogens is 1. The van der Waals surface area contributed by atoms with Crippen LogP contribution in [0.1, 0.15) is 52.1 Å². The van der Waals surface area contributed by atoms with Crippen LogP contribution in [0, 0.1) is 5.92 Å². The molecule has 4 amide bonds. The van der Waals surface area contributed by atoms with Crippen molar-refractivity contribution in [2.45, 2.75) is 45.3 Å². The number of carboxylic acid groups (broad SMARTS) is 1. The minimum atomic E-state index is -1.32. The van der Waals surface area contributed by atoms with Crippen LogP contribution in [0.2, 0.25) is 0 Å². The molecule has 0 radical (unpaired) electrons. The highest BCUT2D eigenvalue weighted by Crippen LogP contribution is 2.27. The van der Waals surface area contributed by atoms with E-state index >= 15 is 0 Å². The molecule has 256 valence electrons. The van der Waals surface area contributed by atoms with Crippen molar-refractivity contribution in [1.29, 1.82) is 0 Å². The van der Waals surface area contributed by atoms with Gasteiger partial charge in [0.05, 0.1) is 5.52 Å². The van der Waals surface area contributed by atoms with Gasteiger partial charge in [-0.15, -0.1) is 0 Å². The summed E-state index contributed by atoms with van der Waals surface area (Å²) in [5, 5.41) is 30.5. The summed E-state index contributed by atoms with van der Waals surface area (Å²) in [5.74, 6) is -4.37. The zero-order valence-electron chi connectivity index (χ0n) is 27.4. The molecular formula is C36H39N5O8. The first-order chi connectivity index (χ1) is 23.3. The van der Waals surface area contributed by atoms with E-state index in [1.54, 1.807) is 42.5 Å². The summed E-state index contributed by atoms with van der Waals surface area (Å²) in [6.45, 7) is 3.06. The Morgan fingerprint density at radius 2 is 1.43 bits per heavy atom. The molecular weight excluding hydrogens is 630 g/mol. The second-order valence-corrected chi connectivity index (χ2v) is 12.0. The van der Waals surface area contributed by atoms with Crippen LogP contribution in [-0.2, 0) is 34.4 Å². The third kappa shape index (κ3) is 9.31. The van der Waals surface area contributed by atoms with Crippen molar-refractivity contribution in [2.75, 3.05) is 6.54 Å². The van der Waals surface area contributed by atoms with Crippen molar-refractivity contribution in [3.8, 4) is 5.75 Å². The van der Waals surface area contributed by atoms with Crippen LogP contribution in [0.3, 0.4) is 0 Å². The standard InChI is InChI=1S/C36H39N5O8/c1-21(2)16-26(39-32(45)24-12-8-5-9-13-24)34(47)40-27(18-22-10-6-4-7-11-22)33(46)37-19-23-14-15-28-25(17-23)31(44)30(36(49)41(28)3)35(48)38-20-29(42)43/h4-15,17,21,26-27,44H,16,18-20H2,1-3H3,(H,37,46)(H,38,48)(H,39,45)(H,40,47)(H,42,43)/t26-,27+/m0/s1. The van der Waals surface area contributed by atoms with E-state index in [-0.39, 0.29) is 24.3 Å². The number of nitrogens with zero attached hydrogens (tertiary/aromatic N) is 1. The normalized spacial score (nSPS) is 12.2. The quantitative estimate of drug-likeness (QED) is 0.118. The SMILES string of the molecule is CC(C)C[C@H](NC(=O)c1ccccc1)C(=O)N[C@H](Cc1ccccc1)C(=O)NCc1ccc2c(c1)c(O)c(C(=O)NCC(=O)O)c(=O)n2C. The minimum Gasteiger partial charge on any atom is -0.506 e. The van der Waals surface area contributed by atoms with Crippen molar-refractivity contribution >= 4 is 40.5 Å². The monoisotopic (exact) mass is 669 g/mol. The number of hydrogen-bond donors (Lipinski definition) is 6. The average molecular weight is 670 g/mol. The van der Waals surface area contributed by atoms with Gasteiger partial charge in [0, 0.05) is 31.0 Å². The Morgan fingerprint density at radius 3 is 2.06 bits per heavy atom. The lowest BCUT2D eigenvalue weighted by Crippen LogP contribution is -2.54. The van der Waals surface area contributed by atoms with Gasteiger partial charge in [-0.1, -0.05) is 68.4 Å². The molecule has 0 unspecified atom stereocenters. The number of fused-ring (bicyclic) bond motifs is 1. The number of amides is 4. The Balaban J connectivity index is 1.56. The third-order valence-corrected chi connectivity index (χ3v) is 7.81. The van der Waals surface area contributed by atoms with Crippen LogP contribution in [0.15, 0.2) is 83.7 Å². The fraction of sp³-hybridized carbons (Fsp3) is 0.278. The maximum Gasteiger partial charge on any atom is 0.322 e. The molecule has 4 rings (SSSR count). The fourth-order valence-corrected chi connectivity index (χ4v) is 5.32. The van der Waals surface area contributed by atoms with Crippen molar-refractivity contribution in [3.05, 3.63) is 111 Å². The molecule has 2 atom stereocenters. The molecule has 0 bridgehead atoms. The van der Waals surface area contributed by atoms with E-state index in [2.05, 4.69) is 21.3 Å². The number of hydrogen-bond acceptors (Lipinski definition) is 7. The highest BCUT2D eigenvalue weighted by Gasteiger charge is 2.28. The Labute approximate surface area is 282 Å². The van der Waals surface area contributed by atoms with Crippen molar-refractivity contribution in [3.63, 3.8) is 0 Å². The summed E-state index contributed by atoms with van der Waals surface area (Å²) in [4.78, 5) is 76.5. The topological polar surface area (TPSA) is 196 Å². The highest BCUT2D eigenvalue weighted by atomic mass is 16.4. The minimum absolute atomic E-state index is 0.0427. The average Bonchev–Trinajstić information content (AvgIpc) is 3.08. The Morgan fingerprint density at radius 1 is 0.776 bits per heavy atom. The molecule has 1 aromatic heterocycles. The molecule has 0 aliphatic rings. The maximum atomic E-state index is 13.6. The number of aryl methyl sites for hydroxylation is 1. The first kappa shape index (κ1) is 35.9. The molecule has 0 saturated heterocycles. The number of carbonyl (C=O) groups excluding carboxylic acids is 4. The molecule has 1 heterocycles. The Kier molecular flexibility index (Phi) is 11.9. The molecule has 13 nitrogen and oxygen atoms in total. The van der Waals surface area contributed by atoms with E-state index in [1.165, 1.54) is 13.1 Å². The maximum absolute atomic E-state index is 13.6. The summed E-state index contributed by atoms with van der Waals surface area (Å²) in [5.41, 5.74) is 0.571. The van der Waals surface area contributed by atoms with Crippen LogP contribution in [0.25, 0.3) is 10.9 Å². The first-order valence-electron chi connectivity index (χ1n) is 15.7. The van der Waals surface area contributed by atoms with Gasteiger partial charge in [0.15, 0.2) is 0 Å². The van der Waals surface area contributed by atoms with E-state index in [0.29, 0.717) is 23.1 Å². The predicted molar refractivity (Wildman–Crippen MR) is 182 cm³/mol. The van der Waals surface area contributed by atoms with Crippen molar-refractivity contribution in [1.82, 2.24) is 25.8 Å². The number of aliphatic carboxylic acids is 1. The predicted octanol–water partition coefficient (Wildman–Crippen LogP) is 2.25. The summed E-state index contributed by atoms with van der Waals surface area (Å²) < 4.78 is 1.16. The highest BCUT2D eigenvalue weighted by molar-refractivity contribution is 6.03. The largest absolute Gasteiger partial charge is 0.506 e. The van der Waals surface area contributed by atoms with Gasteiger partial charge in [-0.3, -0.25) is 28.8 Å². The summed E-state index contributed by atoms with van der Waals surface area (Å²) >= 11 is 0. The van der Waals surface area contributed by atoms with Gasteiger partial charge in [0.25, 0.3) is 17.4 Å². The smallest absolute Gasteiger partial charge is 0.322 e. The van der Waals surface area contributed by atoms with Crippen molar-refractivity contribution < 1.29 is 34.2 Å². The molecule has 6 N–H and O–H groups in total. The first-order valence-corrected chi connectivity index (χ1v) is 15.7. The lowest BCUT2D eigenvalue weighted by Gasteiger charge is -2.24. The van der Waals surface area contributed by atoms with Crippen molar-refractivity contribution in [2.24, 2.45) is 13.0 Å². The molecule has 0 fully saturated rings. The zero-order valence-corrected chi connectivity index (χ0v) is 27.4. The van der Waals surface area contributed by atoms with E-state index < -0.39 is 65.1 Å². The third-order valence-electron chi connectivity index (χ3n) is 7.81. The lowest BCUT2D eigenvalue weighted by atomic mass is 10.0. The van der Waals surface area contributed by atoms with E-state index in [0.717, 1.165) is 10.1 Å². The fourth-order valence-electron chi connectivity index (χ4n) is 5.32. The molecule has 49 heavy (non-hydrogen) atoms. The second kappa shape index (κ2) is 16.2. The van der Waals surface area contributed by atoms with Gasteiger partial charge in [-0.05, 0) is 47.7 Å². The summed E-state index contributed by atoms with van der Waals surface area (Å²) in [6.07, 6.45) is 0.498. The number of benzene rings is 3. The number of carboxylic acids is 1. The van der Waals surface area contributed by atoms with Gasteiger partial charge in [-0.25, -0.2) is 0 Å². The molecule has 0 aliphatic carbocycles. The summed E-state index contributed by atoms with van der Waals surface area (Å²) in [7, 11) is 1.41. The van der Waals surface area contributed by atoms with E-state index in [1.807, 2.05) is 44.2 Å². The molecule has 4 aromatic rings. The lowest BCUT2D eigenvalue weighted by molar-refractivity contribution is -0.135. The zero-order chi connectivity index (χ0) is 35.7. The Bertz CT molecular complexity index is 1910. The van der Waals surface area contributed by atoms with Gasteiger partial charge in [0.2, 0.25) is 11.8 Å². The second-order valence-electron chi connectivity index (χ2n) is 12.0. The van der Waals surface area contributed by atoms with Crippen LogP contribution < -0.4 is 26.8 Å². The number of nitrogens with one attached hydrogen (secondary N) is 4. The number of pyridine rings is 1. The Hall–Kier alpha value is -5.98. The van der Waals surface area contributed by atoms with Gasteiger partial charge in [0.1, 0.15) is 29.9 Å². The molecule has 0 aliphatic heterocycles. The molecule has 0 spiro atoms. The van der Waals surface area contributed by atoms with Gasteiger partial charge in [-0.2, -0.15) is 0 Å². The molecule has 3 aromatic carbocycles. The molecule has 13 heteroatoms. The number of rotatable bonds is 14. The number of aromatic hydroxyl groups is 1. The van der Waals surface area contributed by atoms with E-state index in [4.69, 9.17) is 5.11 Å². The van der Waals surface area contributed by atoms with Crippen LogP contribution in [0.5, 0.6) is 5.75 Å². The van der Waals surface area contributed by atoms with Crippen LogP contribution in [0.4, 0.5) is 0 Å².